The first-order valence-electron chi connectivity index (χ1n) is 9.31. The molecule has 3 aromatic rings. The topological polar surface area (TPSA) is 83.5 Å². The third-order valence-electron chi connectivity index (χ3n) is 4.88. The summed E-state index contributed by atoms with van der Waals surface area (Å²) in [5.41, 5.74) is 0.837. The molecule has 1 saturated heterocycles. The summed E-state index contributed by atoms with van der Waals surface area (Å²) in [5.74, 6) is 0.205. The molecule has 1 aromatic heterocycles. The number of rotatable bonds is 5. The van der Waals surface area contributed by atoms with Crippen LogP contribution in [0.2, 0.25) is 5.02 Å². The number of hydrogen-bond acceptors (Lipinski definition) is 6. The van der Waals surface area contributed by atoms with Gasteiger partial charge in [0, 0.05) is 36.6 Å². The van der Waals surface area contributed by atoms with Gasteiger partial charge in [-0.1, -0.05) is 41.6 Å². The van der Waals surface area contributed by atoms with Crippen molar-refractivity contribution in [1.29, 1.82) is 0 Å². The summed E-state index contributed by atoms with van der Waals surface area (Å²) in [4.78, 5) is 23.1. The molecule has 1 fully saturated rings. The van der Waals surface area contributed by atoms with E-state index in [9.17, 15) is 13.2 Å². The molecule has 7 nitrogen and oxygen atoms in total. The zero-order valence-corrected chi connectivity index (χ0v) is 18.3. The molecule has 0 radical (unpaired) electrons. The lowest BCUT2D eigenvalue weighted by Gasteiger charge is -2.34. The van der Waals surface area contributed by atoms with Crippen LogP contribution in [0.5, 0.6) is 0 Å². The van der Waals surface area contributed by atoms with Crippen LogP contribution in [0.4, 0.5) is 0 Å². The summed E-state index contributed by atoms with van der Waals surface area (Å²) in [6, 6.07) is 13.8. The molecule has 0 spiro atoms. The van der Waals surface area contributed by atoms with Crippen LogP contribution in [0.1, 0.15) is 0 Å². The van der Waals surface area contributed by atoms with Crippen LogP contribution in [-0.2, 0) is 14.8 Å². The molecule has 0 bridgehead atoms. The van der Waals surface area contributed by atoms with Gasteiger partial charge in [0.25, 0.3) is 0 Å². The van der Waals surface area contributed by atoms with Crippen LogP contribution in [0.3, 0.4) is 0 Å². The van der Waals surface area contributed by atoms with Gasteiger partial charge in [-0.15, -0.1) is 0 Å². The van der Waals surface area contributed by atoms with Gasteiger partial charge < -0.3 is 4.90 Å². The molecule has 1 amide bonds. The Hall–Kier alpha value is -2.20. The predicted octanol–water partition coefficient (Wildman–Crippen LogP) is 2.91. The summed E-state index contributed by atoms with van der Waals surface area (Å²) in [7, 11) is -3.59. The number of benzene rings is 2. The largest absolute Gasteiger partial charge is 0.339 e. The number of carbonyl (C=O) groups is 1. The van der Waals surface area contributed by atoms with E-state index in [4.69, 9.17) is 11.6 Å². The maximum absolute atomic E-state index is 12.8. The molecular weight excluding hydrogens is 444 g/mol. The van der Waals surface area contributed by atoms with Gasteiger partial charge >= 0.3 is 0 Å². The Morgan fingerprint density at radius 2 is 1.70 bits per heavy atom. The minimum absolute atomic E-state index is 0.0359. The number of fused-ring (bicyclic) bond motifs is 1. The lowest BCUT2D eigenvalue weighted by atomic mass is 10.2. The van der Waals surface area contributed by atoms with Crippen LogP contribution >= 0.6 is 23.4 Å². The minimum atomic E-state index is -3.59. The van der Waals surface area contributed by atoms with Crippen LogP contribution in [0, 0.1) is 0 Å². The number of amides is 1. The van der Waals surface area contributed by atoms with Crippen molar-refractivity contribution in [2.45, 2.75) is 9.92 Å². The molecule has 2 aromatic carbocycles. The number of para-hydroxylation sites is 1. The molecule has 1 aliphatic rings. The SMILES string of the molecule is O=C(CSc1ncnc2ccccc12)N1CCN(S(=O)(=O)c2ccc(Cl)cc2)CC1. The Bertz CT molecular complexity index is 1160. The number of halogens is 1. The predicted molar refractivity (Wildman–Crippen MR) is 117 cm³/mol. The lowest BCUT2D eigenvalue weighted by molar-refractivity contribution is -0.129. The number of aromatic nitrogens is 2. The Kier molecular flexibility index (Phi) is 6.24. The quantitative estimate of drug-likeness (QED) is 0.428. The summed E-state index contributed by atoms with van der Waals surface area (Å²) in [6.07, 6.45) is 1.50. The number of thioether (sulfide) groups is 1. The van der Waals surface area contributed by atoms with Gasteiger partial charge in [0.2, 0.25) is 15.9 Å². The van der Waals surface area contributed by atoms with Crippen molar-refractivity contribution in [3.63, 3.8) is 0 Å². The minimum Gasteiger partial charge on any atom is -0.339 e. The Morgan fingerprint density at radius 3 is 2.43 bits per heavy atom. The Labute approximate surface area is 184 Å². The van der Waals surface area contributed by atoms with Gasteiger partial charge in [-0.25, -0.2) is 18.4 Å². The van der Waals surface area contributed by atoms with Crippen molar-refractivity contribution in [3.05, 3.63) is 59.9 Å². The smallest absolute Gasteiger partial charge is 0.243 e. The molecule has 0 unspecified atom stereocenters. The second-order valence-electron chi connectivity index (χ2n) is 6.72. The molecular formula is C20H19ClN4O3S2. The lowest BCUT2D eigenvalue weighted by Crippen LogP contribution is -2.50. The van der Waals surface area contributed by atoms with E-state index in [2.05, 4.69) is 9.97 Å². The van der Waals surface area contributed by atoms with E-state index in [0.717, 1.165) is 15.9 Å². The molecule has 4 rings (SSSR count). The van der Waals surface area contributed by atoms with Gasteiger partial charge in [-0.05, 0) is 30.3 Å². The molecule has 1 aliphatic heterocycles. The highest BCUT2D eigenvalue weighted by Crippen LogP contribution is 2.25. The third kappa shape index (κ3) is 4.44. The zero-order chi connectivity index (χ0) is 21.1. The second-order valence-corrected chi connectivity index (χ2v) is 10.1. The van der Waals surface area contributed by atoms with Crippen LogP contribution in [0.25, 0.3) is 10.9 Å². The van der Waals surface area contributed by atoms with Gasteiger partial charge in [0.15, 0.2) is 0 Å². The van der Waals surface area contributed by atoms with E-state index < -0.39 is 10.0 Å². The maximum atomic E-state index is 12.8. The normalized spacial score (nSPS) is 15.4. The van der Waals surface area contributed by atoms with E-state index in [1.807, 2.05) is 24.3 Å². The molecule has 156 valence electrons. The van der Waals surface area contributed by atoms with Gasteiger partial charge in [-0.3, -0.25) is 4.79 Å². The summed E-state index contributed by atoms with van der Waals surface area (Å²) in [6.45, 7) is 1.24. The van der Waals surface area contributed by atoms with Crippen molar-refractivity contribution < 1.29 is 13.2 Å². The van der Waals surface area contributed by atoms with E-state index in [0.29, 0.717) is 18.1 Å². The highest BCUT2D eigenvalue weighted by molar-refractivity contribution is 8.00. The van der Waals surface area contributed by atoms with Crippen LogP contribution < -0.4 is 0 Å². The van der Waals surface area contributed by atoms with E-state index in [1.165, 1.54) is 34.5 Å². The van der Waals surface area contributed by atoms with Crippen molar-refractivity contribution in [2.24, 2.45) is 0 Å². The molecule has 0 saturated carbocycles. The summed E-state index contributed by atoms with van der Waals surface area (Å²) < 4.78 is 27.0. The average molecular weight is 463 g/mol. The van der Waals surface area contributed by atoms with E-state index >= 15 is 0 Å². The molecule has 30 heavy (non-hydrogen) atoms. The molecule has 0 N–H and O–H groups in total. The standard InChI is InChI=1S/C20H19ClN4O3S2/c21-15-5-7-16(8-6-15)30(27,28)25-11-9-24(10-12-25)19(26)13-29-20-17-3-1-2-4-18(17)22-14-23-20/h1-8,14H,9-13H2. The van der Waals surface area contributed by atoms with Crippen LogP contribution in [-0.4, -0.2) is 65.4 Å². The molecule has 10 heteroatoms. The average Bonchev–Trinajstić information content (AvgIpc) is 2.78. The number of carbonyl (C=O) groups excluding carboxylic acids is 1. The van der Waals surface area contributed by atoms with Gasteiger partial charge in [0.1, 0.15) is 11.4 Å². The van der Waals surface area contributed by atoms with Crippen molar-refractivity contribution in [3.8, 4) is 0 Å². The fourth-order valence-corrected chi connectivity index (χ4v) is 5.69. The highest BCUT2D eigenvalue weighted by Gasteiger charge is 2.30. The van der Waals surface area contributed by atoms with Crippen molar-refractivity contribution in [1.82, 2.24) is 19.2 Å². The second kappa shape index (κ2) is 8.89. The molecule has 0 aliphatic carbocycles. The Morgan fingerprint density at radius 1 is 1.00 bits per heavy atom. The Balaban J connectivity index is 1.36. The zero-order valence-electron chi connectivity index (χ0n) is 15.9. The number of nitrogens with zero attached hydrogens (tertiary/aromatic N) is 4. The summed E-state index contributed by atoms with van der Waals surface area (Å²) >= 11 is 7.21. The van der Waals surface area contributed by atoms with E-state index in [-0.39, 0.29) is 29.6 Å². The van der Waals surface area contributed by atoms with Crippen LogP contribution in [0.15, 0.2) is 64.8 Å². The first-order valence-corrected chi connectivity index (χ1v) is 12.1. The first-order chi connectivity index (χ1) is 14.4. The van der Waals surface area contributed by atoms with Crippen molar-refractivity contribution >= 4 is 50.2 Å². The van der Waals surface area contributed by atoms with Gasteiger partial charge in [-0.2, -0.15) is 4.31 Å². The number of sulfonamides is 1. The third-order valence-corrected chi connectivity index (χ3v) is 8.04. The maximum Gasteiger partial charge on any atom is 0.243 e. The van der Waals surface area contributed by atoms with E-state index in [1.54, 1.807) is 17.0 Å². The highest BCUT2D eigenvalue weighted by atomic mass is 35.5. The first kappa shape index (κ1) is 21.0. The fraction of sp³-hybridized carbons (Fsp3) is 0.250. The number of piperazine rings is 1. The van der Waals surface area contributed by atoms with Gasteiger partial charge in [0.05, 0.1) is 16.2 Å². The molecule has 2 heterocycles. The van der Waals surface area contributed by atoms with Crippen molar-refractivity contribution in [2.75, 3.05) is 31.9 Å². The number of hydrogen-bond donors (Lipinski definition) is 0. The summed E-state index contributed by atoms with van der Waals surface area (Å²) in [5, 5.41) is 2.16. The molecule has 0 atom stereocenters. The fourth-order valence-electron chi connectivity index (χ4n) is 3.25. The monoisotopic (exact) mass is 462 g/mol.